The highest BCUT2D eigenvalue weighted by molar-refractivity contribution is 7.33. The van der Waals surface area contributed by atoms with E-state index in [4.69, 9.17) is 9.15 Å². The maximum absolute atomic E-state index is 10.9. The zero-order valence-corrected chi connectivity index (χ0v) is 39.6. The van der Waals surface area contributed by atoms with Crippen LogP contribution in [0.15, 0.2) is 107 Å². The summed E-state index contributed by atoms with van der Waals surface area (Å²) >= 11 is 1.84. The molecule has 6 heteroatoms. The van der Waals surface area contributed by atoms with Crippen LogP contribution in [0.1, 0.15) is 132 Å². The first-order chi connectivity index (χ1) is 30.6. The number of ether oxygens (including phenoxy) is 1. The Balaban J connectivity index is 1.26. The molecule has 0 spiro atoms. The van der Waals surface area contributed by atoms with Gasteiger partial charge in [-0.1, -0.05) is 144 Å². The Morgan fingerprint density at radius 3 is 2.14 bits per heavy atom. The summed E-state index contributed by atoms with van der Waals surface area (Å²) in [5, 5.41) is 2.29. The maximum Gasteiger partial charge on any atom is 0.285 e. The summed E-state index contributed by atoms with van der Waals surface area (Å²) in [5.41, 5.74) is 13.8. The van der Waals surface area contributed by atoms with Crippen molar-refractivity contribution in [1.82, 2.24) is 4.57 Å². The average molecular weight is 847 g/mol. The summed E-state index contributed by atoms with van der Waals surface area (Å²) in [7, 11) is 0. The van der Waals surface area contributed by atoms with Crippen molar-refractivity contribution in [2.45, 2.75) is 123 Å². The molecule has 0 bridgehead atoms. The molecule has 12 rings (SSSR count). The van der Waals surface area contributed by atoms with Gasteiger partial charge in [-0.25, -0.2) is 0 Å². The summed E-state index contributed by atoms with van der Waals surface area (Å²) in [6.45, 7) is 27.2. The summed E-state index contributed by atoms with van der Waals surface area (Å²) in [6, 6.07) is 33.8. The number of aromatic nitrogens is 1. The normalized spacial score (nSPS) is 18.0. The molecule has 0 unspecified atom stereocenters. The summed E-state index contributed by atoms with van der Waals surface area (Å²) in [6.07, 6.45) is 2.02. The molecule has 0 N–H and O–H groups in total. The quantitative estimate of drug-likeness (QED) is 0.162. The third-order valence-electron chi connectivity index (χ3n) is 15.1. The van der Waals surface area contributed by atoms with E-state index >= 15 is 0 Å². The molecule has 4 aliphatic rings. The second kappa shape index (κ2) is 12.4. The van der Waals surface area contributed by atoms with Crippen molar-refractivity contribution in [3.8, 4) is 28.5 Å². The Labute approximate surface area is 379 Å². The number of furan rings is 1. The van der Waals surface area contributed by atoms with Crippen molar-refractivity contribution < 1.29 is 11.9 Å². The lowest BCUT2D eigenvalue weighted by Gasteiger charge is -2.41. The molecule has 4 nitrogen and oxygen atoms in total. The molecular formula is C57H57BN2O2S. The standard InChI is InChI=1S/C57H57BN2O2S/c1-53(2,3)32-21-24-34(25-22-32)59-41-30-35(60-40-20-16-14-18-37(40)44-36-17-13-15-19-39(36)57(11,12)49(44)60)31-42-46(41)58(51-48(59)38-29-33(54(4,5)6)23-26-43(38)63-51)47-45-50(62-52(47)61-42)56(9,10)28-27-55(45,7)8/h13-26,29-31H,27-28H2,1-12H3/i30D,31D. The first-order valence-electron chi connectivity index (χ1n) is 23.9. The number of hydrogen-bond donors (Lipinski definition) is 0. The van der Waals surface area contributed by atoms with Crippen molar-refractivity contribution in [2.24, 2.45) is 0 Å². The topological polar surface area (TPSA) is 30.5 Å². The van der Waals surface area contributed by atoms with Gasteiger partial charge in [-0.05, 0) is 98.7 Å². The van der Waals surface area contributed by atoms with Gasteiger partial charge in [0.2, 0.25) is 0 Å². The predicted octanol–water partition coefficient (Wildman–Crippen LogP) is 14.1. The highest BCUT2D eigenvalue weighted by Gasteiger charge is 2.53. The fraction of sp³-hybridized carbons (Fsp3) is 0.333. The van der Waals surface area contributed by atoms with E-state index < -0.39 is 5.41 Å². The molecule has 0 radical (unpaired) electrons. The minimum atomic E-state index is -0.423. The Morgan fingerprint density at radius 1 is 0.714 bits per heavy atom. The summed E-state index contributed by atoms with van der Waals surface area (Å²) < 4.78 is 40.5. The molecule has 0 saturated heterocycles. The maximum atomic E-state index is 10.9. The lowest BCUT2D eigenvalue weighted by Crippen LogP contribution is -2.60. The van der Waals surface area contributed by atoms with Crippen LogP contribution in [-0.2, 0) is 27.1 Å². The van der Waals surface area contributed by atoms with E-state index in [0.29, 0.717) is 23.4 Å². The summed E-state index contributed by atoms with van der Waals surface area (Å²) in [4.78, 5) is 2.37. The largest absolute Gasteiger partial charge is 0.430 e. The Morgan fingerprint density at radius 2 is 1.40 bits per heavy atom. The lowest BCUT2D eigenvalue weighted by atomic mass is 9.35. The summed E-state index contributed by atoms with van der Waals surface area (Å²) in [5.74, 6) is 1.95. The van der Waals surface area contributed by atoms with E-state index in [2.05, 4.69) is 184 Å². The van der Waals surface area contributed by atoms with Crippen LogP contribution in [-0.4, -0.2) is 11.3 Å². The second-order valence-electron chi connectivity index (χ2n) is 22.7. The van der Waals surface area contributed by atoms with Gasteiger partial charge in [-0.3, -0.25) is 0 Å². The first-order valence-corrected chi connectivity index (χ1v) is 23.7. The number of nitrogens with zero attached hydrogens (tertiary/aromatic N) is 2. The molecule has 5 aromatic carbocycles. The minimum Gasteiger partial charge on any atom is -0.430 e. The van der Waals surface area contributed by atoms with Gasteiger partial charge in [0, 0.05) is 65.2 Å². The van der Waals surface area contributed by atoms with Gasteiger partial charge in [0.05, 0.1) is 19.6 Å². The molecule has 0 amide bonds. The highest BCUT2D eigenvalue weighted by Crippen LogP contribution is 2.56. The van der Waals surface area contributed by atoms with Crippen LogP contribution in [0.2, 0.25) is 0 Å². The van der Waals surface area contributed by atoms with E-state index in [-0.39, 0.29) is 34.4 Å². The van der Waals surface area contributed by atoms with Gasteiger partial charge in [-0.2, -0.15) is 0 Å². The fourth-order valence-electron chi connectivity index (χ4n) is 11.6. The molecule has 0 fully saturated rings. The SMILES string of the molecule is [2H]c1c2c3c(c([2H])c1-n1c4c(c5ccccc51)-c1ccccc1C4(C)C)N(c1ccc(C(C)(C)C)cc1)c1c(sc4ccc(C(C)(C)C)cc14)B3c1c(oc3c1C(C)(C)CCC3(C)C)O2. The third-order valence-corrected chi connectivity index (χ3v) is 16.4. The Bertz CT molecular complexity index is 3390. The molecular weight excluding hydrogens is 788 g/mol. The lowest BCUT2D eigenvalue weighted by molar-refractivity contribution is 0.253. The fourth-order valence-corrected chi connectivity index (χ4v) is 12.9. The predicted molar refractivity (Wildman–Crippen MR) is 267 cm³/mol. The minimum absolute atomic E-state index is 0.0431. The molecule has 63 heavy (non-hydrogen) atoms. The van der Waals surface area contributed by atoms with Gasteiger partial charge < -0.3 is 18.6 Å². The van der Waals surface area contributed by atoms with E-state index in [1.807, 2.05) is 11.3 Å². The Kier molecular flexibility index (Phi) is 7.29. The molecule has 316 valence electrons. The van der Waals surface area contributed by atoms with Crippen LogP contribution in [0.3, 0.4) is 0 Å². The first kappa shape index (κ1) is 37.0. The van der Waals surface area contributed by atoms with Crippen LogP contribution in [0.5, 0.6) is 11.7 Å². The van der Waals surface area contributed by atoms with Crippen LogP contribution in [0.25, 0.3) is 37.8 Å². The molecule has 2 aliphatic heterocycles. The van der Waals surface area contributed by atoms with Crippen molar-refractivity contribution in [3.05, 3.63) is 137 Å². The van der Waals surface area contributed by atoms with E-state index in [9.17, 15) is 2.74 Å². The van der Waals surface area contributed by atoms with Crippen molar-refractivity contribution in [1.29, 1.82) is 0 Å². The number of fused-ring (bicyclic) bond motifs is 13. The highest BCUT2D eigenvalue weighted by atomic mass is 32.1. The van der Waals surface area contributed by atoms with Gasteiger partial charge in [0.15, 0.2) is 0 Å². The van der Waals surface area contributed by atoms with Gasteiger partial charge in [-0.15, -0.1) is 11.3 Å². The van der Waals surface area contributed by atoms with E-state index in [0.717, 1.165) is 63.2 Å². The average Bonchev–Trinajstić information content (AvgIpc) is 3.99. The molecule has 0 saturated carbocycles. The van der Waals surface area contributed by atoms with Gasteiger partial charge in [0.25, 0.3) is 12.7 Å². The van der Waals surface area contributed by atoms with Gasteiger partial charge >= 0.3 is 0 Å². The number of rotatable bonds is 2. The van der Waals surface area contributed by atoms with Crippen LogP contribution in [0, 0.1) is 0 Å². The second-order valence-corrected chi connectivity index (χ2v) is 23.7. The zero-order chi connectivity index (χ0) is 45.7. The van der Waals surface area contributed by atoms with Gasteiger partial charge in [0.1, 0.15) is 11.5 Å². The van der Waals surface area contributed by atoms with Crippen molar-refractivity contribution >= 4 is 71.8 Å². The number of benzene rings is 5. The molecule has 3 aromatic heterocycles. The number of anilines is 3. The molecule has 8 aromatic rings. The monoisotopic (exact) mass is 846 g/mol. The smallest absolute Gasteiger partial charge is 0.285 e. The van der Waals surface area contributed by atoms with E-state index in [1.165, 1.54) is 48.2 Å². The van der Waals surface area contributed by atoms with Crippen LogP contribution in [0.4, 0.5) is 17.1 Å². The molecule has 5 heterocycles. The number of hydrogen-bond acceptors (Lipinski definition) is 4. The van der Waals surface area contributed by atoms with Crippen molar-refractivity contribution in [2.75, 3.05) is 4.90 Å². The number of para-hydroxylation sites is 1. The molecule has 0 atom stereocenters. The van der Waals surface area contributed by atoms with Crippen LogP contribution < -0.4 is 25.3 Å². The van der Waals surface area contributed by atoms with E-state index in [1.54, 1.807) is 0 Å². The third kappa shape index (κ3) is 5.28. The zero-order valence-electron chi connectivity index (χ0n) is 40.8. The number of thiophene rings is 1. The van der Waals surface area contributed by atoms with Crippen LogP contribution >= 0.6 is 11.3 Å². The molecule has 2 aliphatic carbocycles. The van der Waals surface area contributed by atoms with Crippen molar-refractivity contribution in [3.63, 3.8) is 0 Å². The Hall–Kier alpha value is -5.46.